The smallest absolute Gasteiger partial charge is 0.239 e. The third kappa shape index (κ3) is 6.17. The minimum Gasteiger partial charge on any atom is -0.365 e. The average Bonchev–Trinajstić information content (AvgIpc) is 2.42. The second-order valence-corrected chi connectivity index (χ2v) is 5.97. The summed E-state index contributed by atoms with van der Waals surface area (Å²) in [4.78, 5) is 14.0. The molecule has 4 heteroatoms. The fraction of sp³-hybridized carbons (Fsp3) is 0.588. The summed E-state index contributed by atoms with van der Waals surface area (Å²) in [6, 6.07) is 6.37. The molecule has 0 atom stereocenters. The van der Waals surface area contributed by atoms with Gasteiger partial charge in [-0.2, -0.15) is 0 Å². The van der Waals surface area contributed by atoms with Crippen molar-refractivity contribution in [1.29, 1.82) is 0 Å². The molecule has 0 saturated heterocycles. The summed E-state index contributed by atoms with van der Waals surface area (Å²) in [7, 11) is 1.97. The van der Waals surface area contributed by atoms with Crippen LogP contribution in [0.15, 0.2) is 18.2 Å². The number of hydrogen-bond donors (Lipinski definition) is 2. The lowest BCUT2D eigenvalue weighted by Crippen LogP contribution is -2.37. The van der Waals surface area contributed by atoms with Crippen LogP contribution in [0.3, 0.4) is 0 Å². The predicted molar refractivity (Wildman–Crippen MR) is 89.7 cm³/mol. The normalized spacial score (nSPS) is 10.8. The van der Waals surface area contributed by atoms with Gasteiger partial charge in [0, 0.05) is 25.8 Å². The Hall–Kier alpha value is -1.55. The molecule has 0 aromatic heterocycles. The maximum atomic E-state index is 12.0. The highest BCUT2D eigenvalue weighted by Gasteiger charge is 2.11. The minimum absolute atomic E-state index is 0.0705. The Bertz CT molecular complexity index is 457. The van der Waals surface area contributed by atoms with E-state index < -0.39 is 0 Å². The second-order valence-electron chi connectivity index (χ2n) is 5.97. The van der Waals surface area contributed by atoms with Crippen molar-refractivity contribution in [3.63, 3.8) is 0 Å². The number of carbonyl (C=O) groups excluding carboxylic acids is 1. The fourth-order valence-corrected chi connectivity index (χ4v) is 2.16. The number of rotatable bonds is 8. The molecule has 0 heterocycles. The van der Waals surface area contributed by atoms with Gasteiger partial charge in [-0.1, -0.05) is 38.5 Å². The molecule has 0 unspecified atom stereocenters. The fourth-order valence-electron chi connectivity index (χ4n) is 2.16. The van der Waals surface area contributed by atoms with Gasteiger partial charge in [-0.05, 0) is 31.0 Å². The zero-order chi connectivity index (χ0) is 15.8. The summed E-state index contributed by atoms with van der Waals surface area (Å²) in [6.07, 6.45) is 0. The molecule has 2 N–H and O–H groups in total. The first-order valence-corrected chi connectivity index (χ1v) is 7.72. The lowest BCUT2D eigenvalue weighted by atomic mass is 10.1. The first-order chi connectivity index (χ1) is 9.93. The highest BCUT2D eigenvalue weighted by molar-refractivity contribution is 5.81. The van der Waals surface area contributed by atoms with E-state index in [1.807, 2.05) is 11.9 Å². The summed E-state index contributed by atoms with van der Waals surface area (Å²) in [6.45, 7) is 11.3. The number of hydrogen-bond acceptors (Lipinski definition) is 3. The van der Waals surface area contributed by atoms with Crippen molar-refractivity contribution in [2.24, 2.45) is 5.92 Å². The number of nitrogens with zero attached hydrogens (tertiary/aromatic N) is 1. The van der Waals surface area contributed by atoms with Gasteiger partial charge in [0.05, 0.1) is 6.54 Å². The number of benzene rings is 1. The Kier molecular flexibility index (Phi) is 7.23. The maximum absolute atomic E-state index is 12.0. The van der Waals surface area contributed by atoms with E-state index in [1.54, 1.807) is 0 Å². The van der Waals surface area contributed by atoms with Crippen molar-refractivity contribution in [2.75, 3.05) is 31.6 Å². The molecule has 0 saturated carbocycles. The largest absolute Gasteiger partial charge is 0.365 e. The summed E-state index contributed by atoms with van der Waals surface area (Å²) < 4.78 is 0. The van der Waals surface area contributed by atoms with Crippen molar-refractivity contribution in [1.82, 2.24) is 10.6 Å². The molecule has 21 heavy (non-hydrogen) atoms. The third-order valence-corrected chi connectivity index (χ3v) is 3.30. The van der Waals surface area contributed by atoms with Gasteiger partial charge < -0.3 is 15.5 Å². The summed E-state index contributed by atoms with van der Waals surface area (Å²) in [5, 5.41) is 6.31. The molecule has 0 aliphatic heterocycles. The zero-order valence-electron chi connectivity index (χ0n) is 14.0. The van der Waals surface area contributed by atoms with Crippen molar-refractivity contribution in [3.05, 3.63) is 29.3 Å². The van der Waals surface area contributed by atoms with Crippen LogP contribution < -0.4 is 15.5 Å². The van der Waals surface area contributed by atoms with Gasteiger partial charge in [0.15, 0.2) is 0 Å². The highest BCUT2D eigenvalue weighted by atomic mass is 16.2. The molecular formula is C17H29N3O. The van der Waals surface area contributed by atoms with E-state index >= 15 is 0 Å². The zero-order valence-corrected chi connectivity index (χ0v) is 14.0. The lowest BCUT2D eigenvalue weighted by Gasteiger charge is -2.23. The van der Waals surface area contributed by atoms with Gasteiger partial charge in [0.2, 0.25) is 5.91 Å². The molecule has 1 aromatic carbocycles. The van der Waals surface area contributed by atoms with E-state index in [2.05, 4.69) is 56.5 Å². The van der Waals surface area contributed by atoms with Gasteiger partial charge in [0.1, 0.15) is 0 Å². The van der Waals surface area contributed by atoms with Crippen LogP contribution in [-0.4, -0.2) is 32.6 Å². The van der Waals surface area contributed by atoms with Crippen molar-refractivity contribution >= 4 is 11.6 Å². The van der Waals surface area contributed by atoms with Crippen molar-refractivity contribution in [2.45, 2.75) is 34.2 Å². The molecule has 118 valence electrons. The van der Waals surface area contributed by atoms with Gasteiger partial charge in [-0.3, -0.25) is 4.79 Å². The molecule has 1 aromatic rings. The molecule has 0 bridgehead atoms. The summed E-state index contributed by atoms with van der Waals surface area (Å²) in [5.74, 6) is 0.545. The quantitative estimate of drug-likeness (QED) is 0.772. The Morgan fingerprint density at radius 3 is 2.67 bits per heavy atom. The lowest BCUT2D eigenvalue weighted by molar-refractivity contribution is -0.119. The summed E-state index contributed by atoms with van der Waals surface area (Å²) in [5.41, 5.74) is 3.58. The monoisotopic (exact) mass is 291 g/mol. The number of aryl methyl sites for hydroxylation is 1. The van der Waals surface area contributed by atoms with Crippen LogP contribution in [0, 0.1) is 12.8 Å². The Morgan fingerprint density at radius 2 is 2.05 bits per heavy atom. The van der Waals surface area contributed by atoms with E-state index in [1.165, 1.54) is 11.1 Å². The molecule has 1 rings (SSSR count). The molecule has 1 amide bonds. The Morgan fingerprint density at radius 1 is 1.33 bits per heavy atom. The number of likely N-dealkylation sites (N-methyl/N-ethyl adjacent to an activating group) is 1. The van der Waals surface area contributed by atoms with Gasteiger partial charge in [0.25, 0.3) is 0 Å². The Labute approximate surface area is 128 Å². The van der Waals surface area contributed by atoms with Crippen LogP contribution in [0.2, 0.25) is 0 Å². The number of nitrogens with one attached hydrogen (secondary N) is 2. The van der Waals surface area contributed by atoms with Crippen LogP contribution in [0.1, 0.15) is 31.9 Å². The third-order valence-electron chi connectivity index (χ3n) is 3.30. The van der Waals surface area contributed by atoms with E-state index in [0.717, 1.165) is 25.3 Å². The minimum atomic E-state index is 0.0705. The van der Waals surface area contributed by atoms with Crippen LogP contribution in [0.25, 0.3) is 0 Å². The molecule has 0 radical (unpaired) electrons. The maximum Gasteiger partial charge on any atom is 0.239 e. The van der Waals surface area contributed by atoms with Crippen LogP contribution >= 0.6 is 0 Å². The average molecular weight is 291 g/mol. The highest BCUT2D eigenvalue weighted by Crippen LogP contribution is 2.20. The van der Waals surface area contributed by atoms with E-state index in [4.69, 9.17) is 0 Å². The standard InChI is InChI=1S/C17H29N3O/c1-6-18-11-15-9-14(4)7-8-16(15)20(5)12-17(21)19-10-13(2)3/h7-9,13,18H,6,10-12H2,1-5H3,(H,19,21). The predicted octanol–water partition coefficient (Wildman–Crippen LogP) is 2.31. The van der Waals surface area contributed by atoms with Crippen LogP contribution in [0.5, 0.6) is 0 Å². The number of carbonyl (C=O) groups is 1. The molecular weight excluding hydrogens is 262 g/mol. The van der Waals surface area contributed by atoms with E-state index in [-0.39, 0.29) is 5.91 Å². The van der Waals surface area contributed by atoms with Crippen LogP contribution in [-0.2, 0) is 11.3 Å². The topological polar surface area (TPSA) is 44.4 Å². The van der Waals surface area contributed by atoms with Crippen molar-refractivity contribution in [3.8, 4) is 0 Å². The van der Waals surface area contributed by atoms with E-state index in [9.17, 15) is 4.79 Å². The summed E-state index contributed by atoms with van der Waals surface area (Å²) >= 11 is 0. The first-order valence-electron chi connectivity index (χ1n) is 7.72. The van der Waals surface area contributed by atoms with Gasteiger partial charge in [-0.25, -0.2) is 0 Å². The number of amides is 1. The SMILES string of the molecule is CCNCc1cc(C)ccc1N(C)CC(=O)NCC(C)C. The molecule has 0 aliphatic rings. The molecule has 0 aliphatic carbocycles. The van der Waals surface area contributed by atoms with Gasteiger partial charge >= 0.3 is 0 Å². The molecule has 0 spiro atoms. The number of anilines is 1. The Balaban J connectivity index is 2.72. The van der Waals surface area contributed by atoms with Gasteiger partial charge in [-0.15, -0.1) is 0 Å². The van der Waals surface area contributed by atoms with E-state index in [0.29, 0.717) is 12.5 Å². The van der Waals surface area contributed by atoms with Crippen molar-refractivity contribution < 1.29 is 4.79 Å². The van der Waals surface area contributed by atoms with Crippen LogP contribution in [0.4, 0.5) is 5.69 Å². The second kappa shape index (κ2) is 8.67. The first kappa shape index (κ1) is 17.5. The molecule has 0 fully saturated rings. The molecule has 4 nitrogen and oxygen atoms in total.